The number of hydrogen-bond donors (Lipinski definition) is 2. The molecule has 0 spiro atoms. The van der Waals surface area contributed by atoms with E-state index in [0.29, 0.717) is 10.8 Å². The van der Waals surface area contributed by atoms with Gasteiger partial charge in [0.15, 0.2) is 5.13 Å². The Balaban J connectivity index is 2.34. The van der Waals surface area contributed by atoms with E-state index in [0.717, 1.165) is 17.0 Å². The number of nitrogens with one attached hydrogen (secondary N) is 2. The van der Waals surface area contributed by atoms with Gasteiger partial charge in [0.25, 0.3) is 5.91 Å². The number of nitrogens with zero attached hydrogens (tertiary/aromatic N) is 1. The second-order valence-corrected chi connectivity index (χ2v) is 5.47. The lowest BCUT2D eigenvalue weighted by Gasteiger charge is -2.12. The predicted octanol–water partition coefficient (Wildman–Crippen LogP) is 3.76. The molecule has 0 radical (unpaired) electrons. The molecule has 112 valence electrons. The molecule has 1 aromatic carbocycles. The molecule has 1 aromatic heterocycles. The Morgan fingerprint density at radius 2 is 2.05 bits per heavy atom. The third kappa shape index (κ3) is 3.52. The average Bonchev–Trinajstić information content (AvgIpc) is 2.82. The number of carbonyl (C=O) groups is 1. The van der Waals surface area contributed by atoms with Gasteiger partial charge in [0.1, 0.15) is 0 Å². The summed E-state index contributed by atoms with van der Waals surface area (Å²) in [6.45, 7) is 1.82. The Morgan fingerprint density at radius 1 is 1.33 bits per heavy atom. The fourth-order valence-electron chi connectivity index (χ4n) is 1.70. The first-order valence-electron chi connectivity index (χ1n) is 5.94. The molecule has 0 saturated heterocycles. The topological polar surface area (TPSA) is 54.0 Å². The molecule has 2 rings (SSSR count). The molecule has 0 aliphatic rings. The van der Waals surface area contributed by atoms with E-state index in [1.54, 1.807) is 6.20 Å². The summed E-state index contributed by atoms with van der Waals surface area (Å²) in [6, 6.07) is 2.97. The fraction of sp³-hybridized carbons (Fsp3) is 0.231. The highest BCUT2D eigenvalue weighted by molar-refractivity contribution is 7.15. The van der Waals surface area contributed by atoms with E-state index in [1.807, 2.05) is 6.92 Å². The Morgan fingerprint density at radius 3 is 2.57 bits per heavy atom. The average molecular weight is 315 g/mol. The number of benzene rings is 1. The van der Waals surface area contributed by atoms with Crippen molar-refractivity contribution in [3.63, 3.8) is 0 Å². The van der Waals surface area contributed by atoms with Crippen molar-refractivity contribution in [1.29, 1.82) is 0 Å². The molecule has 0 aliphatic heterocycles. The first kappa shape index (κ1) is 15.3. The second kappa shape index (κ2) is 5.72. The molecule has 2 N–H and O–H groups in total. The normalized spacial score (nSPS) is 11.3. The van der Waals surface area contributed by atoms with Crippen LogP contribution in [0.15, 0.2) is 24.4 Å². The standard InChI is InChI=1S/C13H12F3N3OS/c1-7-6-18-12(21-7)19-11(20)9-5-8(13(14,15)16)3-4-10(9)17-2/h3-6,17H,1-2H3,(H,18,19,20). The lowest BCUT2D eigenvalue weighted by molar-refractivity contribution is -0.137. The zero-order chi connectivity index (χ0) is 15.6. The molecule has 0 atom stereocenters. The van der Waals surface area contributed by atoms with Gasteiger partial charge in [-0.15, -0.1) is 11.3 Å². The predicted molar refractivity (Wildman–Crippen MR) is 75.8 cm³/mol. The summed E-state index contributed by atoms with van der Waals surface area (Å²) < 4.78 is 38.2. The molecule has 4 nitrogen and oxygen atoms in total. The van der Waals surface area contributed by atoms with Gasteiger partial charge in [-0.2, -0.15) is 13.2 Å². The Kier molecular flexibility index (Phi) is 4.17. The van der Waals surface area contributed by atoms with Crippen LogP contribution >= 0.6 is 11.3 Å². The minimum atomic E-state index is -4.50. The van der Waals surface area contributed by atoms with Gasteiger partial charge >= 0.3 is 6.18 Å². The van der Waals surface area contributed by atoms with Gasteiger partial charge in [-0.3, -0.25) is 10.1 Å². The lowest BCUT2D eigenvalue weighted by Crippen LogP contribution is -2.16. The monoisotopic (exact) mass is 315 g/mol. The highest BCUT2D eigenvalue weighted by Crippen LogP contribution is 2.32. The van der Waals surface area contributed by atoms with Crippen molar-refractivity contribution in [2.75, 3.05) is 17.7 Å². The second-order valence-electron chi connectivity index (χ2n) is 4.24. The van der Waals surface area contributed by atoms with E-state index in [9.17, 15) is 18.0 Å². The number of aryl methyl sites for hydroxylation is 1. The number of aromatic nitrogens is 1. The van der Waals surface area contributed by atoms with Gasteiger partial charge in [-0.05, 0) is 25.1 Å². The summed E-state index contributed by atoms with van der Waals surface area (Å²) in [6.07, 6.45) is -2.93. The van der Waals surface area contributed by atoms with Gasteiger partial charge in [-0.25, -0.2) is 4.98 Å². The van der Waals surface area contributed by atoms with Gasteiger partial charge < -0.3 is 5.32 Å². The highest BCUT2D eigenvalue weighted by Gasteiger charge is 2.31. The molecule has 1 amide bonds. The van der Waals surface area contributed by atoms with Crippen LogP contribution in [-0.2, 0) is 6.18 Å². The molecule has 8 heteroatoms. The van der Waals surface area contributed by atoms with E-state index in [4.69, 9.17) is 0 Å². The summed E-state index contributed by atoms with van der Waals surface area (Å²) in [4.78, 5) is 17.0. The summed E-state index contributed by atoms with van der Waals surface area (Å²) >= 11 is 1.25. The molecule has 0 saturated carbocycles. The summed E-state index contributed by atoms with van der Waals surface area (Å²) in [7, 11) is 1.53. The minimum absolute atomic E-state index is 0.0832. The SMILES string of the molecule is CNc1ccc(C(F)(F)F)cc1C(=O)Nc1ncc(C)s1. The van der Waals surface area contributed by atoms with Gasteiger partial charge in [-0.1, -0.05) is 0 Å². The van der Waals surface area contributed by atoms with Crippen LogP contribution in [0.1, 0.15) is 20.8 Å². The fourth-order valence-corrected chi connectivity index (χ4v) is 2.36. The lowest BCUT2D eigenvalue weighted by atomic mass is 10.1. The van der Waals surface area contributed by atoms with Crippen molar-refractivity contribution < 1.29 is 18.0 Å². The van der Waals surface area contributed by atoms with Crippen LogP contribution < -0.4 is 10.6 Å². The number of carbonyl (C=O) groups excluding carboxylic acids is 1. The van der Waals surface area contributed by atoms with Gasteiger partial charge in [0.05, 0.1) is 11.1 Å². The quantitative estimate of drug-likeness (QED) is 0.906. The first-order valence-corrected chi connectivity index (χ1v) is 6.75. The number of amides is 1. The van der Waals surface area contributed by atoms with Crippen LogP contribution in [-0.4, -0.2) is 17.9 Å². The van der Waals surface area contributed by atoms with Crippen LogP contribution in [0.2, 0.25) is 0 Å². The minimum Gasteiger partial charge on any atom is -0.387 e. The zero-order valence-corrected chi connectivity index (χ0v) is 12.0. The first-order chi connectivity index (χ1) is 9.81. The number of thiazole rings is 1. The molecule has 1 heterocycles. The summed E-state index contributed by atoms with van der Waals surface area (Å²) in [5.41, 5.74) is -0.643. The summed E-state index contributed by atoms with van der Waals surface area (Å²) in [5.74, 6) is -0.639. The third-order valence-electron chi connectivity index (χ3n) is 2.70. The molecule has 0 fully saturated rings. The highest BCUT2D eigenvalue weighted by atomic mass is 32.1. The molecule has 2 aromatic rings. The summed E-state index contributed by atoms with van der Waals surface area (Å²) in [5, 5.41) is 5.54. The van der Waals surface area contributed by atoms with Crippen LogP contribution in [0, 0.1) is 6.92 Å². The maximum atomic E-state index is 12.7. The van der Waals surface area contributed by atoms with E-state index in [2.05, 4.69) is 15.6 Å². The van der Waals surface area contributed by atoms with Crippen molar-refractivity contribution >= 4 is 28.1 Å². The van der Waals surface area contributed by atoms with Crippen LogP contribution in [0.5, 0.6) is 0 Å². The molecular weight excluding hydrogens is 303 g/mol. The van der Waals surface area contributed by atoms with Crippen LogP contribution in [0.3, 0.4) is 0 Å². The van der Waals surface area contributed by atoms with Crippen molar-refractivity contribution in [1.82, 2.24) is 4.98 Å². The van der Waals surface area contributed by atoms with E-state index in [1.165, 1.54) is 24.5 Å². The van der Waals surface area contributed by atoms with Crippen LogP contribution in [0.25, 0.3) is 0 Å². The Labute approximate surface area is 123 Å². The van der Waals surface area contributed by atoms with Gasteiger partial charge in [0.2, 0.25) is 0 Å². The number of halogens is 3. The third-order valence-corrected chi connectivity index (χ3v) is 3.53. The molecule has 0 bridgehead atoms. The van der Waals surface area contributed by atoms with E-state index in [-0.39, 0.29) is 5.56 Å². The van der Waals surface area contributed by atoms with Crippen molar-refractivity contribution in [2.45, 2.75) is 13.1 Å². The van der Waals surface area contributed by atoms with E-state index >= 15 is 0 Å². The molecule has 0 unspecified atom stereocenters. The smallest absolute Gasteiger partial charge is 0.387 e. The largest absolute Gasteiger partial charge is 0.416 e. The molecule has 21 heavy (non-hydrogen) atoms. The number of rotatable bonds is 3. The van der Waals surface area contributed by atoms with Crippen molar-refractivity contribution in [3.8, 4) is 0 Å². The van der Waals surface area contributed by atoms with Crippen molar-refractivity contribution in [2.24, 2.45) is 0 Å². The number of anilines is 2. The van der Waals surface area contributed by atoms with Crippen molar-refractivity contribution in [3.05, 3.63) is 40.4 Å². The maximum absolute atomic E-state index is 12.7. The van der Waals surface area contributed by atoms with Crippen LogP contribution in [0.4, 0.5) is 24.0 Å². The maximum Gasteiger partial charge on any atom is 0.416 e. The number of alkyl halides is 3. The Bertz CT molecular complexity index is 667. The van der Waals surface area contributed by atoms with E-state index < -0.39 is 17.6 Å². The van der Waals surface area contributed by atoms with Gasteiger partial charge in [0, 0.05) is 23.8 Å². The number of hydrogen-bond acceptors (Lipinski definition) is 4. The molecule has 0 aliphatic carbocycles. The zero-order valence-electron chi connectivity index (χ0n) is 11.2. The Hall–Kier alpha value is -2.09. The molecular formula is C13H12F3N3OS.